The van der Waals surface area contributed by atoms with Crippen LogP contribution in [-0.4, -0.2) is 13.1 Å². The minimum atomic E-state index is 0.609. The third kappa shape index (κ3) is 3.38. The van der Waals surface area contributed by atoms with Crippen LogP contribution in [0.1, 0.15) is 44.1 Å². The summed E-state index contributed by atoms with van der Waals surface area (Å²) in [5.41, 5.74) is 1.31. The average molecular weight is 221 g/mol. The summed E-state index contributed by atoms with van der Waals surface area (Å²) in [5, 5.41) is 3.42. The van der Waals surface area contributed by atoms with Crippen molar-refractivity contribution >= 4 is 0 Å². The van der Waals surface area contributed by atoms with Gasteiger partial charge in [-0.3, -0.25) is 0 Å². The van der Waals surface area contributed by atoms with Gasteiger partial charge in [0.15, 0.2) is 0 Å². The van der Waals surface area contributed by atoms with Crippen molar-refractivity contribution in [2.24, 2.45) is 5.92 Å². The molecule has 90 valence electrons. The minimum Gasteiger partial charge on any atom is -0.472 e. The molecule has 2 nitrogen and oxygen atoms in total. The van der Waals surface area contributed by atoms with E-state index < -0.39 is 0 Å². The van der Waals surface area contributed by atoms with Crippen molar-refractivity contribution in [1.82, 2.24) is 5.32 Å². The Morgan fingerprint density at radius 1 is 1.44 bits per heavy atom. The number of furan rings is 1. The Morgan fingerprint density at radius 2 is 2.25 bits per heavy atom. The van der Waals surface area contributed by atoms with Gasteiger partial charge in [-0.25, -0.2) is 0 Å². The molecule has 1 saturated carbocycles. The number of hydrogen-bond acceptors (Lipinski definition) is 2. The van der Waals surface area contributed by atoms with Gasteiger partial charge in [0.05, 0.1) is 12.5 Å². The van der Waals surface area contributed by atoms with Crippen LogP contribution in [0.15, 0.2) is 23.0 Å². The molecule has 1 aliphatic carbocycles. The topological polar surface area (TPSA) is 25.2 Å². The highest BCUT2D eigenvalue weighted by atomic mass is 16.3. The summed E-state index contributed by atoms with van der Waals surface area (Å²) in [6.45, 7) is 0. The molecule has 0 saturated heterocycles. The van der Waals surface area contributed by atoms with Crippen molar-refractivity contribution < 1.29 is 4.42 Å². The monoisotopic (exact) mass is 221 g/mol. The lowest BCUT2D eigenvalue weighted by Crippen LogP contribution is -2.27. The summed E-state index contributed by atoms with van der Waals surface area (Å²) in [5.74, 6) is 1.00. The molecule has 1 N–H and O–H groups in total. The highest BCUT2D eigenvalue weighted by Gasteiger charge is 2.17. The summed E-state index contributed by atoms with van der Waals surface area (Å²) >= 11 is 0. The van der Waals surface area contributed by atoms with Gasteiger partial charge in [0, 0.05) is 6.04 Å². The largest absolute Gasteiger partial charge is 0.472 e. The first-order valence-corrected chi connectivity index (χ1v) is 6.57. The van der Waals surface area contributed by atoms with E-state index in [2.05, 4.69) is 18.4 Å². The second kappa shape index (κ2) is 6.09. The molecule has 1 unspecified atom stereocenters. The first-order valence-electron chi connectivity index (χ1n) is 6.57. The lowest BCUT2D eigenvalue weighted by molar-refractivity contribution is 0.417. The Bertz CT molecular complexity index is 275. The third-order valence-corrected chi connectivity index (χ3v) is 3.87. The van der Waals surface area contributed by atoms with E-state index in [1.807, 2.05) is 6.26 Å². The number of likely N-dealkylation sites (N-methyl/N-ethyl adjacent to an activating group) is 1. The van der Waals surface area contributed by atoms with Crippen molar-refractivity contribution in [2.75, 3.05) is 7.05 Å². The molecule has 0 aliphatic heterocycles. The third-order valence-electron chi connectivity index (χ3n) is 3.87. The van der Waals surface area contributed by atoms with E-state index in [-0.39, 0.29) is 0 Å². The molecule has 1 heterocycles. The van der Waals surface area contributed by atoms with E-state index in [0.29, 0.717) is 6.04 Å². The molecule has 1 fully saturated rings. The van der Waals surface area contributed by atoms with Gasteiger partial charge >= 0.3 is 0 Å². The predicted octanol–water partition coefficient (Wildman–Crippen LogP) is 3.38. The Balaban J connectivity index is 1.72. The molecule has 0 bridgehead atoms. The number of hydrogen-bond donors (Lipinski definition) is 1. The molecular weight excluding hydrogens is 198 g/mol. The number of nitrogens with one attached hydrogen (secondary N) is 1. The van der Waals surface area contributed by atoms with Crippen LogP contribution in [0.4, 0.5) is 0 Å². The van der Waals surface area contributed by atoms with Gasteiger partial charge in [0.2, 0.25) is 0 Å². The number of rotatable bonds is 6. The maximum Gasteiger partial charge on any atom is 0.0935 e. The van der Waals surface area contributed by atoms with Gasteiger partial charge in [-0.15, -0.1) is 0 Å². The van der Waals surface area contributed by atoms with Crippen molar-refractivity contribution in [3.8, 4) is 0 Å². The molecule has 0 amide bonds. The van der Waals surface area contributed by atoms with Crippen LogP contribution in [0.2, 0.25) is 0 Å². The Hall–Kier alpha value is -0.760. The van der Waals surface area contributed by atoms with Gasteiger partial charge < -0.3 is 9.73 Å². The molecule has 0 radical (unpaired) electrons. The maximum atomic E-state index is 5.11. The van der Waals surface area contributed by atoms with Crippen LogP contribution in [0.5, 0.6) is 0 Å². The van der Waals surface area contributed by atoms with E-state index in [1.165, 1.54) is 44.1 Å². The summed E-state index contributed by atoms with van der Waals surface area (Å²) in [6, 6.07) is 2.68. The standard InChI is InChI=1S/C14H23NO/c1-15-14(10-13-8-9-16-11-13)7-6-12-4-2-3-5-12/h8-9,11-12,14-15H,2-7,10H2,1H3. The quantitative estimate of drug-likeness (QED) is 0.796. The van der Waals surface area contributed by atoms with E-state index in [9.17, 15) is 0 Å². The second-order valence-corrected chi connectivity index (χ2v) is 5.05. The van der Waals surface area contributed by atoms with Gasteiger partial charge in [-0.1, -0.05) is 25.7 Å². The van der Waals surface area contributed by atoms with E-state index >= 15 is 0 Å². The molecule has 0 aromatic carbocycles. The lowest BCUT2D eigenvalue weighted by atomic mass is 9.96. The molecule has 1 aromatic rings. The average Bonchev–Trinajstić information content (AvgIpc) is 2.97. The smallest absolute Gasteiger partial charge is 0.0935 e. The van der Waals surface area contributed by atoms with Crippen LogP contribution in [0.25, 0.3) is 0 Å². The van der Waals surface area contributed by atoms with Crippen LogP contribution in [0.3, 0.4) is 0 Å². The molecule has 1 atom stereocenters. The fourth-order valence-corrected chi connectivity index (χ4v) is 2.78. The van der Waals surface area contributed by atoms with Crippen molar-refractivity contribution in [3.05, 3.63) is 24.2 Å². The van der Waals surface area contributed by atoms with Crippen LogP contribution in [-0.2, 0) is 6.42 Å². The fourth-order valence-electron chi connectivity index (χ4n) is 2.78. The normalized spacial score (nSPS) is 19.1. The van der Waals surface area contributed by atoms with E-state index in [4.69, 9.17) is 4.42 Å². The van der Waals surface area contributed by atoms with Gasteiger partial charge in [0.1, 0.15) is 0 Å². The zero-order valence-electron chi connectivity index (χ0n) is 10.2. The molecule has 0 spiro atoms. The SMILES string of the molecule is CNC(CCC1CCCC1)Cc1ccoc1. The van der Waals surface area contributed by atoms with Gasteiger partial charge in [0.25, 0.3) is 0 Å². The van der Waals surface area contributed by atoms with E-state index in [0.717, 1.165) is 12.3 Å². The molecular formula is C14H23NO. The van der Waals surface area contributed by atoms with Crippen molar-refractivity contribution in [3.63, 3.8) is 0 Å². The molecule has 1 aromatic heterocycles. The van der Waals surface area contributed by atoms with Crippen LogP contribution >= 0.6 is 0 Å². The molecule has 16 heavy (non-hydrogen) atoms. The summed E-state index contributed by atoms with van der Waals surface area (Å²) in [6.07, 6.45) is 13.2. The van der Waals surface area contributed by atoms with Crippen molar-refractivity contribution in [2.45, 2.75) is 51.0 Å². The Kier molecular flexibility index (Phi) is 4.46. The summed E-state index contributed by atoms with van der Waals surface area (Å²) in [7, 11) is 2.07. The first kappa shape index (κ1) is 11.7. The summed E-state index contributed by atoms with van der Waals surface area (Å²) < 4.78 is 5.11. The van der Waals surface area contributed by atoms with Gasteiger partial charge in [-0.2, -0.15) is 0 Å². The summed E-state index contributed by atoms with van der Waals surface area (Å²) in [4.78, 5) is 0. The van der Waals surface area contributed by atoms with Crippen LogP contribution in [0, 0.1) is 5.92 Å². The molecule has 2 rings (SSSR count). The second-order valence-electron chi connectivity index (χ2n) is 5.05. The minimum absolute atomic E-state index is 0.609. The van der Waals surface area contributed by atoms with Crippen molar-refractivity contribution in [1.29, 1.82) is 0 Å². The highest BCUT2D eigenvalue weighted by molar-refractivity contribution is 5.07. The predicted molar refractivity (Wildman–Crippen MR) is 66.5 cm³/mol. The Morgan fingerprint density at radius 3 is 2.88 bits per heavy atom. The lowest BCUT2D eigenvalue weighted by Gasteiger charge is -2.17. The Labute approximate surface area is 98.4 Å². The first-order chi connectivity index (χ1) is 7.88. The van der Waals surface area contributed by atoms with Crippen LogP contribution < -0.4 is 5.32 Å². The van der Waals surface area contributed by atoms with E-state index in [1.54, 1.807) is 6.26 Å². The fraction of sp³-hybridized carbons (Fsp3) is 0.714. The van der Waals surface area contributed by atoms with Gasteiger partial charge in [-0.05, 0) is 43.9 Å². The zero-order chi connectivity index (χ0) is 11.2. The highest BCUT2D eigenvalue weighted by Crippen LogP contribution is 2.29. The maximum absolute atomic E-state index is 5.11. The zero-order valence-corrected chi connectivity index (χ0v) is 10.2. The molecule has 2 heteroatoms. The molecule has 1 aliphatic rings.